The van der Waals surface area contributed by atoms with Gasteiger partial charge in [0.1, 0.15) is 11.4 Å². The summed E-state index contributed by atoms with van der Waals surface area (Å²) in [4.78, 5) is 32.5. The molecule has 0 aliphatic heterocycles. The second-order valence-corrected chi connectivity index (χ2v) is 7.49. The van der Waals surface area contributed by atoms with Gasteiger partial charge in [-0.25, -0.2) is 9.59 Å². The molecule has 0 atom stereocenters. The third-order valence-electron chi connectivity index (χ3n) is 5.87. The standard InChI is InChI=1S/C25H21N3O4/c1-28-22(24(29)31-2)20(16-12-26-18-10-6-4-8-14(16)18)21(23(28)25(30)32-3)17-13-27-19-11-7-5-9-15(17)19/h4-13,26-27H,1-3H3. The summed E-state index contributed by atoms with van der Waals surface area (Å²) in [5.41, 5.74) is 5.22. The SMILES string of the molecule is COC(=O)c1c(-c2c[nH]c3ccccc23)c(-c2c[nH]c3ccccc23)c(C(=O)OC)n1C. The summed E-state index contributed by atoms with van der Waals surface area (Å²) in [7, 11) is 4.34. The number of hydrogen-bond donors (Lipinski definition) is 2. The van der Waals surface area contributed by atoms with E-state index in [1.54, 1.807) is 11.6 Å². The summed E-state index contributed by atoms with van der Waals surface area (Å²) >= 11 is 0. The number of methoxy groups -OCH3 is 2. The van der Waals surface area contributed by atoms with Crippen LogP contribution in [0.5, 0.6) is 0 Å². The number of para-hydroxylation sites is 2. The van der Waals surface area contributed by atoms with Crippen molar-refractivity contribution >= 4 is 33.7 Å². The Bertz CT molecular complexity index is 1390. The second-order valence-electron chi connectivity index (χ2n) is 7.49. The summed E-state index contributed by atoms with van der Waals surface area (Å²) in [6, 6.07) is 15.6. The van der Waals surface area contributed by atoms with Crippen molar-refractivity contribution in [2.24, 2.45) is 7.05 Å². The molecule has 0 fully saturated rings. The molecule has 0 unspecified atom stereocenters. The van der Waals surface area contributed by atoms with Crippen LogP contribution in [0, 0.1) is 0 Å². The van der Waals surface area contributed by atoms with Gasteiger partial charge in [0, 0.05) is 63.5 Å². The lowest BCUT2D eigenvalue weighted by molar-refractivity contribution is 0.0581. The van der Waals surface area contributed by atoms with E-state index in [4.69, 9.17) is 9.47 Å². The fraction of sp³-hybridized carbons (Fsp3) is 0.120. The van der Waals surface area contributed by atoms with Gasteiger partial charge in [0.15, 0.2) is 0 Å². The Morgan fingerprint density at radius 2 is 1.12 bits per heavy atom. The number of fused-ring (bicyclic) bond motifs is 2. The molecule has 0 spiro atoms. The first-order valence-corrected chi connectivity index (χ1v) is 10.1. The summed E-state index contributed by atoms with van der Waals surface area (Å²) in [6.45, 7) is 0. The quantitative estimate of drug-likeness (QED) is 0.400. The molecule has 3 heterocycles. The monoisotopic (exact) mass is 427 g/mol. The molecule has 0 aliphatic rings. The molecule has 5 rings (SSSR count). The molecule has 2 aromatic carbocycles. The van der Waals surface area contributed by atoms with Gasteiger partial charge < -0.3 is 24.0 Å². The molecular weight excluding hydrogens is 406 g/mol. The zero-order valence-corrected chi connectivity index (χ0v) is 17.9. The number of aromatic nitrogens is 3. The van der Waals surface area contributed by atoms with E-state index in [9.17, 15) is 9.59 Å². The highest BCUT2D eigenvalue weighted by atomic mass is 16.5. The van der Waals surface area contributed by atoms with Crippen LogP contribution in [-0.4, -0.2) is 40.7 Å². The predicted octanol–water partition coefficient (Wildman–Crippen LogP) is 4.89. The van der Waals surface area contributed by atoms with E-state index in [0.717, 1.165) is 32.9 Å². The van der Waals surface area contributed by atoms with Crippen LogP contribution in [0.1, 0.15) is 21.0 Å². The van der Waals surface area contributed by atoms with Gasteiger partial charge in [0.2, 0.25) is 0 Å². The Morgan fingerprint density at radius 3 is 1.53 bits per heavy atom. The number of aromatic amines is 2. The highest BCUT2D eigenvalue weighted by molar-refractivity contribution is 6.15. The molecule has 0 saturated carbocycles. The fourth-order valence-corrected chi connectivity index (χ4v) is 4.44. The highest BCUT2D eigenvalue weighted by Gasteiger charge is 2.33. The number of nitrogens with one attached hydrogen (secondary N) is 2. The maximum Gasteiger partial charge on any atom is 0.355 e. The van der Waals surface area contributed by atoms with Crippen LogP contribution in [0.25, 0.3) is 44.1 Å². The number of nitrogens with zero attached hydrogens (tertiary/aromatic N) is 1. The van der Waals surface area contributed by atoms with Crippen molar-refractivity contribution in [3.63, 3.8) is 0 Å². The second kappa shape index (κ2) is 7.46. The van der Waals surface area contributed by atoms with Crippen LogP contribution in [0.2, 0.25) is 0 Å². The number of rotatable bonds is 4. The van der Waals surface area contributed by atoms with E-state index in [0.29, 0.717) is 11.1 Å². The van der Waals surface area contributed by atoms with Gasteiger partial charge in [-0.1, -0.05) is 36.4 Å². The number of carbonyl (C=O) groups excluding carboxylic acids is 2. The fourth-order valence-electron chi connectivity index (χ4n) is 4.44. The lowest BCUT2D eigenvalue weighted by Crippen LogP contribution is -2.14. The molecule has 0 aliphatic carbocycles. The number of ether oxygens (including phenoxy) is 2. The molecule has 0 radical (unpaired) electrons. The number of hydrogen-bond acceptors (Lipinski definition) is 4. The minimum atomic E-state index is -0.538. The summed E-state index contributed by atoms with van der Waals surface area (Å²) < 4.78 is 11.8. The predicted molar refractivity (Wildman–Crippen MR) is 123 cm³/mol. The van der Waals surface area contributed by atoms with Crippen LogP contribution in [0.4, 0.5) is 0 Å². The average Bonchev–Trinajstić information content (AvgIpc) is 3.51. The van der Waals surface area contributed by atoms with Crippen molar-refractivity contribution in [2.45, 2.75) is 0 Å². The van der Waals surface area contributed by atoms with Crippen molar-refractivity contribution in [2.75, 3.05) is 14.2 Å². The van der Waals surface area contributed by atoms with E-state index in [2.05, 4.69) is 9.97 Å². The number of esters is 2. The normalized spacial score (nSPS) is 11.2. The molecular formula is C25H21N3O4. The zero-order valence-electron chi connectivity index (χ0n) is 17.9. The number of H-pyrrole nitrogens is 2. The van der Waals surface area contributed by atoms with Gasteiger partial charge >= 0.3 is 11.9 Å². The Kier molecular flexibility index (Phi) is 4.59. The molecule has 0 amide bonds. The van der Waals surface area contributed by atoms with Gasteiger partial charge in [-0.15, -0.1) is 0 Å². The van der Waals surface area contributed by atoms with Gasteiger partial charge in [0.25, 0.3) is 0 Å². The van der Waals surface area contributed by atoms with Crippen molar-refractivity contribution < 1.29 is 19.1 Å². The largest absolute Gasteiger partial charge is 0.464 e. The van der Waals surface area contributed by atoms with Crippen molar-refractivity contribution in [3.8, 4) is 22.3 Å². The maximum atomic E-state index is 13.0. The maximum absolute atomic E-state index is 13.0. The molecule has 5 aromatic rings. The summed E-state index contributed by atoms with van der Waals surface area (Å²) in [5, 5.41) is 1.86. The smallest absolute Gasteiger partial charge is 0.355 e. The van der Waals surface area contributed by atoms with E-state index in [1.165, 1.54) is 14.2 Å². The molecule has 7 heteroatoms. The highest BCUT2D eigenvalue weighted by Crippen LogP contribution is 2.45. The van der Waals surface area contributed by atoms with Crippen LogP contribution in [0.3, 0.4) is 0 Å². The van der Waals surface area contributed by atoms with E-state index >= 15 is 0 Å². The van der Waals surface area contributed by atoms with Crippen molar-refractivity contribution in [1.82, 2.24) is 14.5 Å². The zero-order chi connectivity index (χ0) is 22.4. The molecule has 32 heavy (non-hydrogen) atoms. The first-order valence-electron chi connectivity index (χ1n) is 10.1. The minimum absolute atomic E-state index is 0.276. The Hall–Kier alpha value is -4.26. The Balaban J connectivity index is 1.98. The van der Waals surface area contributed by atoms with Gasteiger partial charge in [-0.2, -0.15) is 0 Å². The third kappa shape index (κ3) is 2.75. The number of benzene rings is 2. The lowest BCUT2D eigenvalue weighted by Gasteiger charge is -2.07. The Labute approximate surface area is 183 Å². The first kappa shape index (κ1) is 19.7. The average molecular weight is 427 g/mol. The van der Waals surface area contributed by atoms with E-state index < -0.39 is 11.9 Å². The summed E-state index contributed by atoms with van der Waals surface area (Å²) in [5.74, 6) is -1.08. The topological polar surface area (TPSA) is 89.1 Å². The molecule has 2 N–H and O–H groups in total. The molecule has 160 valence electrons. The number of carbonyl (C=O) groups is 2. The van der Waals surface area contributed by atoms with Crippen LogP contribution >= 0.6 is 0 Å². The molecule has 3 aromatic heterocycles. The summed E-state index contributed by atoms with van der Waals surface area (Å²) in [6.07, 6.45) is 3.71. The van der Waals surface area contributed by atoms with Crippen molar-refractivity contribution in [1.29, 1.82) is 0 Å². The first-order chi connectivity index (χ1) is 15.6. The lowest BCUT2D eigenvalue weighted by atomic mass is 9.94. The molecule has 0 saturated heterocycles. The third-order valence-corrected chi connectivity index (χ3v) is 5.87. The van der Waals surface area contributed by atoms with Crippen LogP contribution in [0.15, 0.2) is 60.9 Å². The minimum Gasteiger partial charge on any atom is -0.464 e. The van der Waals surface area contributed by atoms with Crippen molar-refractivity contribution in [3.05, 3.63) is 72.3 Å². The van der Waals surface area contributed by atoms with Gasteiger partial charge in [-0.05, 0) is 12.1 Å². The van der Waals surface area contributed by atoms with Gasteiger partial charge in [-0.3, -0.25) is 0 Å². The molecule has 7 nitrogen and oxygen atoms in total. The molecule has 0 bridgehead atoms. The van der Waals surface area contributed by atoms with Crippen LogP contribution < -0.4 is 0 Å². The Morgan fingerprint density at radius 1 is 0.719 bits per heavy atom. The van der Waals surface area contributed by atoms with Crippen LogP contribution in [-0.2, 0) is 16.5 Å². The van der Waals surface area contributed by atoms with Gasteiger partial charge in [0.05, 0.1) is 14.2 Å². The van der Waals surface area contributed by atoms with E-state index in [-0.39, 0.29) is 11.4 Å². The van der Waals surface area contributed by atoms with E-state index in [1.807, 2.05) is 60.9 Å².